The zero-order valence-electron chi connectivity index (χ0n) is 7.91. The van der Waals surface area contributed by atoms with Crippen LogP contribution in [-0.4, -0.2) is 14.2 Å². The van der Waals surface area contributed by atoms with Gasteiger partial charge in [0.25, 0.3) is 0 Å². The second-order valence-corrected chi connectivity index (χ2v) is 4.74. The molecule has 0 atom stereocenters. The smallest absolute Gasteiger partial charge is 0.232 e. The Kier molecular flexibility index (Phi) is 3.27. The van der Waals surface area contributed by atoms with E-state index in [0.29, 0.717) is 0 Å². The molecule has 1 radical (unpaired) electrons. The first kappa shape index (κ1) is 11.5. The summed E-state index contributed by atoms with van der Waals surface area (Å²) in [6.45, 7) is 1.46. The number of nitriles is 1. The van der Waals surface area contributed by atoms with Crippen molar-refractivity contribution in [1.82, 2.24) is 0 Å². The summed E-state index contributed by atoms with van der Waals surface area (Å²) in [7, 11) is -3.46. The fraction of sp³-hybridized carbons (Fsp3) is 0.222. The summed E-state index contributed by atoms with van der Waals surface area (Å²) in [6.07, 6.45) is 0. The minimum atomic E-state index is -3.46. The van der Waals surface area contributed by atoms with Gasteiger partial charge in [0.2, 0.25) is 10.0 Å². The molecule has 1 rings (SSSR count). The second kappa shape index (κ2) is 4.28. The number of hydrogen-bond donors (Lipinski definition) is 1. The van der Waals surface area contributed by atoms with Crippen LogP contribution in [0.5, 0.6) is 0 Å². The molecule has 0 spiro atoms. The molecular formula is C9H8FN2O2S. The van der Waals surface area contributed by atoms with Crippen LogP contribution in [0.2, 0.25) is 0 Å². The van der Waals surface area contributed by atoms with Crippen LogP contribution in [0.15, 0.2) is 12.1 Å². The summed E-state index contributed by atoms with van der Waals surface area (Å²) in [5.74, 6) is -0.819. The van der Waals surface area contributed by atoms with Crippen LogP contribution in [0.25, 0.3) is 0 Å². The van der Waals surface area contributed by atoms with Crippen molar-refractivity contribution in [3.05, 3.63) is 29.6 Å². The Morgan fingerprint density at radius 3 is 2.87 bits per heavy atom. The van der Waals surface area contributed by atoms with Gasteiger partial charge in [-0.2, -0.15) is 5.26 Å². The van der Waals surface area contributed by atoms with Crippen LogP contribution in [0, 0.1) is 23.2 Å². The Hall–Kier alpha value is -1.61. The Morgan fingerprint density at radius 1 is 1.67 bits per heavy atom. The summed E-state index contributed by atoms with van der Waals surface area (Å²) in [6, 6.07) is 5.90. The number of nitrogens with zero attached hydrogens (tertiary/aromatic N) is 1. The first-order valence-corrected chi connectivity index (χ1v) is 5.75. The largest absolute Gasteiger partial charge is 0.282 e. The quantitative estimate of drug-likeness (QED) is 0.845. The summed E-state index contributed by atoms with van der Waals surface area (Å²) >= 11 is 0. The normalized spacial score (nSPS) is 10.7. The lowest BCUT2D eigenvalue weighted by Gasteiger charge is -2.06. The molecule has 0 aliphatic rings. The lowest BCUT2D eigenvalue weighted by molar-refractivity contribution is 0.602. The van der Waals surface area contributed by atoms with E-state index < -0.39 is 15.8 Å². The van der Waals surface area contributed by atoms with E-state index in [2.05, 4.69) is 10.8 Å². The third kappa shape index (κ3) is 2.92. The van der Waals surface area contributed by atoms with E-state index in [9.17, 15) is 12.8 Å². The van der Waals surface area contributed by atoms with Gasteiger partial charge in [-0.1, -0.05) is 0 Å². The summed E-state index contributed by atoms with van der Waals surface area (Å²) < 4.78 is 37.2. The van der Waals surface area contributed by atoms with Gasteiger partial charge < -0.3 is 0 Å². The van der Waals surface area contributed by atoms with Gasteiger partial charge in [0.1, 0.15) is 11.9 Å². The average molecular weight is 227 g/mol. The van der Waals surface area contributed by atoms with Crippen molar-refractivity contribution in [3.8, 4) is 6.07 Å². The van der Waals surface area contributed by atoms with Crippen molar-refractivity contribution in [2.24, 2.45) is 0 Å². The van der Waals surface area contributed by atoms with Gasteiger partial charge >= 0.3 is 0 Å². The molecular weight excluding hydrogens is 219 g/mol. The third-order valence-corrected chi connectivity index (χ3v) is 2.97. The molecule has 79 valence electrons. The van der Waals surface area contributed by atoms with Crippen molar-refractivity contribution < 1.29 is 12.8 Å². The van der Waals surface area contributed by atoms with Crippen LogP contribution >= 0.6 is 0 Å². The molecule has 0 bridgehead atoms. The molecule has 0 unspecified atom stereocenters. The highest BCUT2D eigenvalue weighted by molar-refractivity contribution is 7.92. The van der Waals surface area contributed by atoms with Crippen molar-refractivity contribution >= 4 is 15.7 Å². The molecule has 15 heavy (non-hydrogen) atoms. The number of hydrogen-bond acceptors (Lipinski definition) is 3. The maximum absolute atomic E-state index is 12.7. The van der Waals surface area contributed by atoms with Gasteiger partial charge in [-0.3, -0.25) is 4.72 Å². The van der Waals surface area contributed by atoms with Crippen molar-refractivity contribution in [2.75, 3.05) is 10.5 Å². The number of nitrogens with one attached hydrogen (secondary N) is 1. The monoisotopic (exact) mass is 227 g/mol. The predicted octanol–water partition coefficient (Wildman–Crippen LogP) is 1.26. The Morgan fingerprint density at radius 2 is 2.33 bits per heavy atom. The molecule has 0 saturated heterocycles. The molecule has 0 amide bonds. The molecule has 1 aromatic rings. The third-order valence-electron chi connectivity index (χ3n) is 1.68. The van der Waals surface area contributed by atoms with Crippen LogP contribution < -0.4 is 4.72 Å². The Balaban J connectivity index is 3.12. The minimum absolute atomic E-state index is 0.0424. The van der Waals surface area contributed by atoms with Crippen LogP contribution in [0.4, 0.5) is 10.1 Å². The Labute approximate surface area is 87.4 Å². The highest BCUT2D eigenvalue weighted by Gasteiger charge is 2.10. The zero-order valence-corrected chi connectivity index (χ0v) is 8.73. The van der Waals surface area contributed by atoms with Gasteiger partial charge in [-0.05, 0) is 19.1 Å². The number of sulfonamides is 1. The number of halogens is 1. The van der Waals surface area contributed by atoms with Gasteiger partial charge in [-0.15, -0.1) is 0 Å². The highest BCUT2D eigenvalue weighted by Crippen LogP contribution is 2.16. The number of rotatable bonds is 3. The van der Waals surface area contributed by atoms with Crippen LogP contribution in [-0.2, 0) is 10.0 Å². The zero-order chi connectivity index (χ0) is 11.5. The van der Waals surface area contributed by atoms with Crippen molar-refractivity contribution in [3.63, 3.8) is 0 Å². The average Bonchev–Trinajstić information content (AvgIpc) is 2.20. The molecule has 0 heterocycles. The van der Waals surface area contributed by atoms with Gasteiger partial charge in [-0.25, -0.2) is 12.8 Å². The lowest BCUT2D eigenvalue weighted by atomic mass is 10.2. The molecule has 4 nitrogen and oxygen atoms in total. The van der Waals surface area contributed by atoms with E-state index in [1.165, 1.54) is 6.92 Å². The fourth-order valence-corrected chi connectivity index (χ4v) is 1.53. The van der Waals surface area contributed by atoms with E-state index in [-0.39, 0.29) is 17.0 Å². The molecule has 1 N–H and O–H groups in total. The van der Waals surface area contributed by atoms with Crippen molar-refractivity contribution in [2.45, 2.75) is 6.92 Å². The molecule has 0 aliphatic heterocycles. The van der Waals surface area contributed by atoms with Gasteiger partial charge in [0.15, 0.2) is 0 Å². The molecule has 1 aromatic carbocycles. The van der Waals surface area contributed by atoms with Gasteiger partial charge in [0.05, 0.1) is 17.0 Å². The molecule has 6 heteroatoms. The number of benzene rings is 1. The summed E-state index contributed by atoms with van der Waals surface area (Å²) in [4.78, 5) is 0. The lowest BCUT2D eigenvalue weighted by Crippen LogP contribution is -2.15. The van der Waals surface area contributed by atoms with Crippen LogP contribution in [0.3, 0.4) is 0 Å². The molecule has 0 aliphatic carbocycles. The van der Waals surface area contributed by atoms with E-state index in [0.717, 1.165) is 12.1 Å². The van der Waals surface area contributed by atoms with E-state index in [1.54, 1.807) is 6.07 Å². The molecule has 0 aromatic heterocycles. The number of anilines is 1. The van der Waals surface area contributed by atoms with E-state index in [4.69, 9.17) is 5.26 Å². The van der Waals surface area contributed by atoms with Crippen LogP contribution in [0.1, 0.15) is 12.5 Å². The predicted molar refractivity (Wildman–Crippen MR) is 53.0 cm³/mol. The second-order valence-electron chi connectivity index (χ2n) is 2.73. The first-order valence-electron chi connectivity index (χ1n) is 4.10. The molecule has 0 fully saturated rings. The standard InChI is InChI=1S/C9H8FN2O2S/c1-2-15(13,14)12-9-4-3-8(10)5-7(9)6-11/h4-5,12H,2H2,1H3. The first-order chi connectivity index (χ1) is 6.98. The summed E-state index contributed by atoms with van der Waals surface area (Å²) in [5, 5.41) is 8.65. The minimum Gasteiger partial charge on any atom is -0.282 e. The molecule has 0 saturated carbocycles. The maximum Gasteiger partial charge on any atom is 0.232 e. The van der Waals surface area contributed by atoms with E-state index >= 15 is 0 Å². The van der Waals surface area contributed by atoms with E-state index in [1.807, 2.05) is 0 Å². The maximum atomic E-state index is 12.7. The summed E-state index contributed by atoms with van der Waals surface area (Å²) in [5.41, 5.74) is -0.0241. The van der Waals surface area contributed by atoms with Gasteiger partial charge in [0, 0.05) is 6.07 Å². The van der Waals surface area contributed by atoms with Crippen molar-refractivity contribution in [1.29, 1.82) is 5.26 Å². The highest BCUT2D eigenvalue weighted by atomic mass is 32.2. The topological polar surface area (TPSA) is 70.0 Å². The fourth-order valence-electron chi connectivity index (χ4n) is 0.882. The SMILES string of the molecule is CCS(=O)(=O)Nc1c[c]c(F)cc1C#N. The Bertz CT molecular complexity index is 505.